The Morgan fingerprint density at radius 3 is 2.49 bits per heavy atom. The second kappa shape index (κ2) is 13.6. The van der Waals surface area contributed by atoms with E-state index in [1.807, 2.05) is 36.4 Å². The van der Waals surface area contributed by atoms with Crippen molar-refractivity contribution < 1.29 is 19.1 Å². The molecule has 0 bridgehead atoms. The highest BCUT2D eigenvalue weighted by Crippen LogP contribution is 2.23. The summed E-state index contributed by atoms with van der Waals surface area (Å²) in [4.78, 5) is 25.8. The molecule has 182 valence electrons. The molecule has 0 aliphatic heterocycles. The van der Waals surface area contributed by atoms with E-state index in [9.17, 15) is 9.59 Å². The summed E-state index contributed by atoms with van der Waals surface area (Å²) in [7, 11) is 3.11. The molecular formula is C26H26BrN3O4S. The van der Waals surface area contributed by atoms with Crippen molar-refractivity contribution >= 4 is 45.7 Å². The van der Waals surface area contributed by atoms with E-state index >= 15 is 0 Å². The maximum Gasteiger partial charge on any atom is 0.263 e. The van der Waals surface area contributed by atoms with Crippen molar-refractivity contribution in [3.8, 4) is 11.5 Å². The fourth-order valence-corrected chi connectivity index (χ4v) is 4.58. The van der Waals surface area contributed by atoms with Crippen LogP contribution in [0, 0.1) is 0 Å². The zero-order valence-corrected chi connectivity index (χ0v) is 21.8. The molecule has 0 fully saturated rings. The highest BCUT2D eigenvalue weighted by molar-refractivity contribution is 9.10. The number of ether oxygens (including phenoxy) is 2. The van der Waals surface area contributed by atoms with Crippen molar-refractivity contribution in [1.82, 2.24) is 10.7 Å². The molecule has 0 aliphatic carbocycles. The van der Waals surface area contributed by atoms with E-state index in [0.29, 0.717) is 38.6 Å². The smallest absolute Gasteiger partial charge is 0.263 e. The van der Waals surface area contributed by atoms with E-state index in [0.717, 1.165) is 5.56 Å². The molecule has 0 spiro atoms. The number of hydrogen-bond donors (Lipinski definition) is 2. The Morgan fingerprint density at radius 2 is 1.77 bits per heavy atom. The molecule has 0 saturated heterocycles. The number of hydrazone groups is 1. The van der Waals surface area contributed by atoms with Gasteiger partial charge in [0.25, 0.3) is 11.8 Å². The Bertz CT molecular complexity index is 1170. The van der Waals surface area contributed by atoms with Crippen LogP contribution in [0.2, 0.25) is 0 Å². The molecule has 3 rings (SSSR count). The molecule has 0 aliphatic rings. The molecule has 9 heteroatoms. The first-order valence-corrected chi connectivity index (χ1v) is 12.7. The third kappa shape index (κ3) is 7.87. The maximum absolute atomic E-state index is 13.0. The molecule has 3 aromatic rings. The van der Waals surface area contributed by atoms with Gasteiger partial charge in [-0.1, -0.05) is 42.5 Å². The van der Waals surface area contributed by atoms with Gasteiger partial charge in [-0.3, -0.25) is 9.59 Å². The summed E-state index contributed by atoms with van der Waals surface area (Å²) in [6, 6.07) is 21.5. The molecule has 2 amide bonds. The summed E-state index contributed by atoms with van der Waals surface area (Å²) in [6.07, 6.45) is 1.49. The van der Waals surface area contributed by atoms with Gasteiger partial charge in [0.15, 0.2) is 0 Å². The van der Waals surface area contributed by atoms with Crippen molar-refractivity contribution in [1.29, 1.82) is 0 Å². The quantitative estimate of drug-likeness (QED) is 0.265. The lowest BCUT2D eigenvalue weighted by Crippen LogP contribution is -2.47. The number of nitrogens with zero attached hydrogens (tertiary/aromatic N) is 1. The van der Waals surface area contributed by atoms with Gasteiger partial charge in [0, 0.05) is 27.6 Å². The van der Waals surface area contributed by atoms with Gasteiger partial charge < -0.3 is 14.8 Å². The molecule has 0 aromatic heterocycles. The van der Waals surface area contributed by atoms with Gasteiger partial charge in [-0.15, -0.1) is 0 Å². The molecule has 0 radical (unpaired) electrons. The van der Waals surface area contributed by atoms with Gasteiger partial charge in [-0.2, -0.15) is 16.9 Å². The molecule has 2 N–H and O–H groups in total. The van der Waals surface area contributed by atoms with Crippen LogP contribution in [-0.2, 0) is 10.5 Å². The van der Waals surface area contributed by atoms with Gasteiger partial charge in [-0.05, 0) is 45.8 Å². The van der Waals surface area contributed by atoms with Gasteiger partial charge in [0.2, 0.25) is 0 Å². The number of hydrogen-bond acceptors (Lipinski definition) is 6. The molecule has 1 unspecified atom stereocenters. The van der Waals surface area contributed by atoms with Crippen LogP contribution >= 0.6 is 27.7 Å². The summed E-state index contributed by atoms with van der Waals surface area (Å²) in [5.41, 5.74) is 4.79. The third-order valence-corrected chi connectivity index (χ3v) is 6.75. The standard InChI is InChI=1S/C26H26BrN3O4S/c1-33-20-13-12-19(24(14-20)34-2)15-28-30-26(32)23(17-35-16-18-8-4-3-5-9-18)29-25(31)21-10-6-7-11-22(21)27/h3-15,23H,16-17H2,1-2H3,(H,29,31)(H,30,32)/b28-15+. The average molecular weight is 556 g/mol. The first-order valence-electron chi connectivity index (χ1n) is 10.7. The number of thioether (sulfide) groups is 1. The highest BCUT2D eigenvalue weighted by atomic mass is 79.9. The molecule has 1 atom stereocenters. The topological polar surface area (TPSA) is 89.0 Å². The van der Waals surface area contributed by atoms with Crippen molar-refractivity contribution in [2.75, 3.05) is 20.0 Å². The van der Waals surface area contributed by atoms with Crippen LogP contribution in [-0.4, -0.2) is 44.0 Å². The number of benzene rings is 3. The Hall–Kier alpha value is -3.30. The van der Waals surface area contributed by atoms with Crippen LogP contribution in [0.4, 0.5) is 0 Å². The van der Waals surface area contributed by atoms with E-state index in [2.05, 4.69) is 31.8 Å². The Morgan fingerprint density at radius 1 is 1.03 bits per heavy atom. The Kier molecular flexibility index (Phi) is 10.2. The predicted octanol–water partition coefficient (Wildman–Crippen LogP) is 4.65. The van der Waals surface area contributed by atoms with Crippen LogP contribution in [0.5, 0.6) is 11.5 Å². The number of amides is 2. The molecule has 7 nitrogen and oxygen atoms in total. The fraction of sp³-hybridized carbons (Fsp3) is 0.192. The van der Waals surface area contributed by atoms with Crippen molar-refractivity contribution in [3.05, 3.63) is 94.0 Å². The van der Waals surface area contributed by atoms with Crippen LogP contribution in [0.1, 0.15) is 21.5 Å². The Labute approximate surface area is 217 Å². The van der Waals surface area contributed by atoms with E-state index in [4.69, 9.17) is 9.47 Å². The number of carbonyl (C=O) groups is 2. The number of carbonyl (C=O) groups excluding carboxylic acids is 2. The minimum absolute atomic E-state index is 0.348. The SMILES string of the molecule is COc1ccc(/C=N/NC(=O)C(CSCc2ccccc2)NC(=O)c2ccccc2Br)c(OC)c1. The maximum atomic E-state index is 13.0. The monoisotopic (exact) mass is 555 g/mol. The second-order valence-corrected chi connectivity index (χ2v) is 9.23. The normalized spacial score (nSPS) is 11.6. The van der Waals surface area contributed by atoms with Gasteiger partial charge in [0.05, 0.1) is 26.0 Å². The van der Waals surface area contributed by atoms with Crippen molar-refractivity contribution in [3.63, 3.8) is 0 Å². The summed E-state index contributed by atoms with van der Waals surface area (Å²) in [5, 5.41) is 6.90. The average Bonchev–Trinajstić information content (AvgIpc) is 2.88. The summed E-state index contributed by atoms with van der Waals surface area (Å²) in [6.45, 7) is 0. The minimum Gasteiger partial charge on any atom is -0.497 e. The molecule has 35 heavy (non-hydrogen) atoms. The van der Waals surface area contributed by atoms with Crippen LogP contribution in [0.25, 0.3) is 0 Å². The minimum atomic E-state index is -0.793. The zero-order chi connectivity index (χ0) is 25.0. The summed E-state index contributed by atoms with van der Waals surface area (Å²) >= 11 is 4.94. The first kappa shape index (κ1) is 26.3. The van der Waals surface area contributed by atoms with Crippen LogP contribution < -0.4 is 20.2 Å². The van der Waals surface area contributed by atoms with Gasteiger partial charge >= 0.3 is 0 Å². The number of rotatable bonds is 11. The third-order valence-electron chi connectivity index (χ3n) is 4.96. The Balaban J connectivity index is 1.69. The number of methoxy groups -OCH3 is 2. The summed E-state index contributed by atoms with van der Waals surface area (Å²) < 4.78 is 11.2. The van der Waals surface area contributed by atoms with Crippen molar-refractivity contribution in [2.45, 2.75) is 11.8 Å². The van der Waals surface area contributed by atoms with Gasteiger partial charge in [-0.25, -0.2) is 5.43 Å². The van der Waals surface area contributed by atoms with Crippen molar-refractivity contribution in [2.24, 2.45) is 5.10 Å². The molecule has 3 aromatic carbocycles. The lowest BCUT2D eigenvalue weighted by molar-refractivity contribution is -0.122. The lowest BCUT2D eigenvalue weighted by atomic mass is 10.2. The molecule has 0 saturated carbocycles. The van der Waals surface area contributed by atoms with E-state index in [1.54, 1.807) is 62.4 Å². The second-order valence-electron chi connectivity index (χ2n) is 7.35. The van der Waals surface area contributed by atoms with E-state index in [1.165, 1.54) is 6.21 Å². The molecular weight excluding hydrogens is 530 g/mol. The predicted molar refractivity (Wildman–Crippen MR) is 143 cm³/mol. The number of nitrogens with one attached hydrogen (secondary N) is 2. The molecule has 0 heterocycles. The lowest BCUT2D eigenvalue weighted by Gasteiger charge is -2.17. The first-order chi connectivity index (χ1) is 17.0. The van der Waals surface area contributed by atoms with E-state index < -0.39 is 11.9 Å². The van der Waals surface area contributed by atoms with E-state index in [-0.39, 0.29) is 5.91 Å². The van der Waals surface area contributed by atoms with Crippen LogP contribution in [0.3, 0.4) is 0 Å². The van der Waals surface area contributed by atoms with Gasteiger partial charge in [0.1, 0.15) is 17.5 Å². The highest BCUT2D eigenvalue weighted by Gasteiger charge is 2.22. The zero-order valence-electron chi connectivity index (χ0n) is 19.4. The summed E-state index contributed by atoms with van der Waals surface area (Å²) in [5.74, 6) is 1.52. The van der Waals surface area contributed by atoms with Crippen LogP contribution in [0.15, 0.2) is 82.4 Å². The largest absolute Gasteiger partial charge is 0.497 e. The fourth-order valence-electron chi connectivity index (χ4n) is 3.10. The number of halogens is 1.